The zero-order valence-electron chi connectivity index (χ0n) is 9.68. The zero-order valence-corrected chi connectivity index (χ0v) is 9.68. The minimum absolute atomic E-state index is 0.312. The molecular formula is C12H16N2O3. The summed E-state index contributed by atoms with van der Waals surface area (Å²) in [7, 11) is 0. The molecule has 0 bridgehead atoms. The molecule has 0 aliphatic rings. The van der Waals surface area contributed by atoms with Crippen molar-refractivity contribution >= 4 is 12.0 Å². The van der Waals surface area contributed by atoms with Gasteiger partial charge in [0, 0.05) is 5.57 Å². The van der Waals surface area contributed by atoms with Gasteiger partial charge in [0.05, 0.1) is 0 Å². The summed E-state index contributed by atoms with van der Waals surface area (Å²) in [5.41, 5.74) is 9.91. The topological polar surface area (TPSA) is 95.4 Å². The first-order valence-electron chi connectivity index (χ1n) is 4.85. The van der Waals surface area contributed by atoms with Crippen LogP contribution in [0.5, 0.6) is 0 Å². The first-order valence-corrected chi connectivity index (χ1v) is 4.85. The van der Waals surface area contributed by atoms with E-state index in [-0.39, 0.29) is 5.97 Å². The van der Waals surface area contributed by atoms with Crippen LogP contribution in [0.2, 0.25) is 0 Å². The van der Waals surface area contributed by atoms with Crippen LogP contribution >= 0.6 is 0 Å². The molecule has 0 spiro atoms. The van der Waals surface area contributed by atoms with Crippen molar-refractivity contribution in [3.05, 3.63) is 48.0 Å². The lowest BCUT2D eigenvalue weighted by molar-refractivity contribution is -0.140. The molecular weight excluding hydrogens is 220 g/mol. The summed E-state index contributed by atoms with van der Waals surface area (Å²) in [4.78, 5) is 20.0. The molecule has 1 aromatic rings. The molecule has 0 saturated carbocycles. The van der Waals surface area contributed by atoms with Crippen LogP contribution in [0.25, 0.3) is 0 Å². The van der Waals surface area contributed by atoms with Gasteiger partial charge in [-0.3, -0.25) is 0 Å². The van der Waals surface area contributed by atoms with E-state index in [0.717, 1.165) is 5.56 Å². The SMILES string of the molecule is C=C(C)C(=O)OCc1ccccc1.NC(N)=O. The number of primary amides is 2. The predicted octanol–water partition coefficient (Wildman–Crippen LogP) is 1.33. The molecule has 0 aliphatic carbocycles. The van der Waals surface area contributed by atoms with E-state index in [0.29, 0.717) is 12.2 Å². The number of benzene rings is 1. The van der Waals surface area contributed by atoms with Crippen molar-refractivity contribution in [1.29, 1.82) is 0 Å². The third-order valence-corrected chi connectivity index (χ3v) is 1.56. The summed E-state index contributed by atoms with van der Waals surface area (Å²) < 4.78 is 4.95. The Kier molecular flexibility index (Phi) is 6.85. The Morgan fingerprint density at radius 2 is 1.71 bits per heavy atom. The van der Waals surface area contributed by atoms with Gasteiger partial charge in [0.15, 0.2) is 0 Å². The van der Waals surface area contributed by atoms with E-state index in [9.17, 15) is 4.79 Å². The van der Waals surface area contributed by atoms with Crippen molar-refractivity contribution in [1.82, 2.24) is 0 Å². The van der Waals surface area contributed by atoms with Crippen LogP contribution in [0.3, 0.4) is 0 Å². The summed E-state index contributed by atoms with van der Waals surface area (Å²) in [5.74, 6) is -0.344. The minimum atomic E-state index is -0.833. The number of amides is 2. The lowest BCUT2D eigenvalue weighted by Crippen LogP contribution is -2.18. The fourth-order valence-electron chi connectivity index (χ4n) is 0.846. The Bertz CT molecular complexity index is 384. The van der Waals surface area contributed by atoms with Crippen molar-refractivity contribution in [2.24, 2.45) is 11.5 Å². The smallest absolute Gasteiger partial charge is 0.333 e. The third-order valence-electron chi connectivity index (χ3n) is 1.56. The molecule has 0 heterocycles. The number of rotatable bonds is 3. The van der Waals surface area contributed by atoms with Gasteiger partial charge in [-0.1, -0.05) is 36.9 Å². The summed E-state index contributed by atoms with van der Waals surface area (Å²) in [6.07, 6.45) is 0. The molecule has 17 heavy (non-hydrogen) atoms. The summed E-state index contributed by atoms with van der Waals surface area (Å²) in [6.45, 7) is 5.44. The lowest BCUT2D eigenvalue weighted by Gasteiger charge is -2.03. The molecule has 5 nitrogen and oxygen atoms in total. The average molecular weight is 236 g/mol. The molecule has 4 N–H and O–H groups in total. The molecule has 0 unspecified atom stereocenters. The second-order valence-corrected chi connectivity index (χ2v) is 3.24. The highest BCUT2D eigenvalue weighted by molar-refractivity contribution is 5.86. The van der Waals surface area contributed by atoms with Crippen molar-refractivity contribution in [3.8, 4) is 0 Å². The summed E-state index contributed by atoms with van der Waals surface area (Å²) in [5, 5.41) is 0. The van der Waals surface area contributed by atoms with Gasteiger partial charge >= 0.3 is 12.0 Å². The van der Waals surface area contributed by atoms with E-state index in [4.69, 9.17) is 9.53 Å². The van der Waals surface area contributed by atoms with E-state index in [2.05, 4.69) is 18.0 Å². The van der Waals surface area contributed by atoms with Gasteiger partial charge in [0.2, 0.25) is 0 Å². The predicted molar refractivity (Wildman–Crippen MR) is 64.8 cm³/mol. The number of urea groups is 1. The Morgan fingerprint density at radius 3 is 2.12 bits per heavy atom. The largest absolute Gasteiger partial charge is 0.457 e. The molecule has 0 fully saturated rings. The molecule has 0 aliphatic heterocycles. The van der Waals surface area contributed by atoms with Crippen molar-refractivity contribution in [2.45, 2.75) is 13.5 Å². The molecule has 1 rings (SSSR count). The minimum Gasteiger partial charge on any atom is -0.457 e. The highest BCUT2D eigenvalue weighted by Crippen LogP contribution is 2.02. The number of hydrogen-bond acceptors (Lipinski definition) is 3. The third kappa shape index (κ3) is 8.68. The number of ether oxygens (including phenoxy) is 1. The monoisotopic (exact) mass is 236 g/mol. The second kappa shape index (κ2) is 7.92. The zero-order chi connectivity index (χ0) is 13.3. The number of carbonyl (C=O) groups excluding carboxylic acids is 2. The van der Waals surface area contributed by atoms with E-state index < -0.39 is 6.03 Å². The first kappa shape index (κ1) is 14.7. The molecule has 0 atom stereocenters. The maximum atomic E-state index is 11.0. The van der Waals surface area contributed by atoms with Gasteiger partial charge in [-0.25, -0.2) is 9.59 Å². The molecule has 1 aromatic carbocycles. The van der Waals surface area contributed by atoms with E-state index >= 15 is 0 Å². The highest BCUT2D eigenvalue weighted by Gasteiger charge is 2.02. The number of esters is 1. The maximum absolute atomic E-state index is 11.0. The highest BCUT2D eigenvalue weighted by atomic mass is 16.5. The summed E-state index contributed by atoms with van der Waals surface area (Å²) >= 11 is 0. The number of carbonyl (C=O) groups is 2. The van der Waals surface area contributed by atoms with Gasteiger partial charge in [-0.2, -0.15) is 0 Å². The normalized spacial score (nSPS) is 8.53. The van der Waals surface area contributed by atoms with E-state index in [1.807, 2.05) is 30.3 Å². The second-order valence-electron chi connectivity index (χ2n) is 3.24. The Balaban J connectivity index is 0.000000557. The van der Waals surface area contributed by atoms with Gasteiger partial charge in [0.25, 0.3) is 0 Å². The standard InChI is InChI=1S/C11H12O2.CH4N2O/c1-9(2)11(12)13-8-10-6-4-3-5-7-10;2-1(3)4/h3-7H,1,8H2,2H3;(H4,2,3,4). The molecule has 0 saturated heterocycles. The Morgan fingerprint density at radius 1 is 1.24 bits per heavy atom. The van der Waals surface area contributed by atoms with Crippen LogP contribution < -0.4 is 11.5 Å². The van der Waals surface area contributed by atoms with E-state index in [1.165, 1.54) is 0 Å². The maximum Gasteiger partial charge on any atom is 0.333 e. The summed E-state index contributed by atoms with van der Waals surface area (Å²) in [6, 6.07) is 8.72. The fourth-order valence-corrected chi connectivity index (χ4v) is 0.846. The van der Waals surface area contributed by atoms with Crippen LogP contribution in [-0.2, 0) is 16.1 Å². The average Bonchev–Trinajstić information content (AvgIpc) is 2.26. The molecule has 2 amide bonds. The van der Waals surface area contributed by atoms with Gasteiger partial charge in [0.1, 0.15) is 6.61 Å². The number of hydrogen-bond donors (Lipinski definition) is 2. The van der Waals surface area contributed by atoms with Gasteiger partial charge in [-0.15, -0.1) is 0 Å². The quantitative estimate of drug-likeness (QED) is 0.612. The Hall–Kier alpha value is -2.30. The van der Waals surface area contributed by atoms with Crippen molar-refractivity contribution in [3.63, 3.8) is 0 Å². The van der Waals surface area contributed by atoms with Gasteiger partial charge < -0.3 is 16.2 Å². The van der Waals surface area contributed by atoms with Crippen molar-refractivity contribution in [2.75, 3.05) is 0 Å². The Labute approximate surface area is 100 Å². The van der Waals surface area contributed by atoms with Crippen LogP contribution in [0.15, 0.2) is 42.5 Å². The molecule has 5 heteroatoms. The van der Waals surface area contributed by atoms with Crippen LogP contribution in [0.4, 0.5) is 4.79 Å². The lowest BCUT2D eigenvalue weighted by atomic mass is 10.2. The van der Waals surface area contributed by atoms with Crippen LogP contribution in [0, 0.1) is 0 Å². The number of nitrogens with two attached hydrogens (primary N) is 2. The molecule has 92 valence electrons. The van der Waals surface area contributed by atoms with Crippen molar-refractivity contribution < 1.29 is 14.3 Å². The van der Waals surface area contributed by atoms with E-state index in [1.54, 1.807) is 6.92 Å². The fraction of sp³-hybridized carbons (Fsp3) is 0.167. The molecule has 0 aromatic heterocycles. The molecule has 0 radical (unpaired) electrons. The van der Waals surface area contributed by atoms with Crippen LogP contribution in [0.1, 0.15) is 12.5 Å². The van der Waals surface area contributed by atoms with Crippen LogP contribution in [-0.4, -0.2) is 12.0 Å². The first-order chi connectivity index (χ1) is 7.93. The van der Waals surface area contributed by atoms with Gasteiger partial charge in [-0.05, 0) is 12.5 Å².